The molecule has 1 unspecified atom stereocenters. The van der Waals surface area contributed by atoms with Crippen molar-refractivity contribution in [2.75, 3.05) is 26.7 Å². The molecule has 1 aromatic carbocycles. The molecule has 1 amide bonds. The zero-order chi connectivity index (χ0) is 22.6. The number of benzene rings is 1. The molecule has 2 aromatic rings. The maximum atomic E-state index is 13.1. The minimum atomic E-state index is -0.233. The average Bonchev–Trinajstić information content (AvgIpc) is 3.05. The summed E-state index contributed by atoms with van der Waals surface area (Å²) in [5, 5.41) is 0.887. The molecular weight excluding hydrogens is 383 g/mol. The minimum Gasteiger partial charge on any atom is -0.343 e. The lowest BCUT2D eigenvalue weighted by Gasteiger charge is -2.40. The smallest absolute Gasteiger partial charge is 0.230 e. The molecule has 2 aliphatic rings. The van der Waals surface area contributed by atoms with E-state index in [-0.39, 0.29) is 23.8 Å². The van der Waals surface area contributed by atoms with Gasteiger partial charge in [-0.3, -0.25) is 19.1 Å². The molecule has 0 saturated heterocycles. The van der Waals surface area contributed by atoms with Crippen molar-refractivity contribution in [1.82, 2.24) is 14.4 Å². The molecule has 31 heavy (non-hydrogen) atoms. The summed E-state index contributed by atoms with van der Waals surface area (Å²) in [4.78, 5) is 29.9. The molecule has 0 N–H and O–H groups in total. The Morgan fingerprint density at radius 2 is 1.84 bits per heavy atom. The fourth-order valence-corrected chi connectivity index (χ4v) is 5.18. The Hall–Kier alpha value is -2.21. The van der Waals surface area contributed by atoms with E-state index >= 15 is 0 Å². The summed E-state index contributed by atoms with van der Waals surface area (Å²) in [6.45, 7) is 7.80. The summed E-state index contributed by atoms with van der Waals surface area (Å²) in [6, 6.07) is 1.94. The first-order valence-electron chi connectivity index (χ1n) is 11.0. The van der Waals surface area contributed by atoms with Crippen molar-refractivity contribution in [3.63, 3.8) is 0 Å². The highest BCUT2D eigenvalue weighted by Crippen LogP contribution is 2.40. The molecule has 0 fully saturated rings. The quantitative estimate of drug-likeness (QED) is 0.659. The summed E-state index contributed by atoms with van der Waals surface area (Å²) >= 11 is 0. The number of nitrogens with zero attached hydrogens (tertiary/aromatic N) is 3. The number of carbonyl (C=O) groups is 2. The van der Waals surface area contributed by atoms with Crippen molar-refractivity contribution < 1.29 is 9.59 Å². The molecule has 8 heteroatoms. The molecule has 0 saturated carbocycles. The number of aromatic nitrogens is 1. The first kappa shape index (κ1) is 22.0. The predicted molar refractivity (Wildman–Crippen MR) is 129 cm³/mol. The number of fused-ring (bicyclic) bond motifs is 2. The Bertz CT molecular complexity index is 1120. The Labute approximate surface area is 188 Å². The van der Waals surface area contributed by atoms with Crippen LogP contribution in [0.15, 0.2) is 12.1 Å². The van der Waals surface area contributed by atoms with Gasteiger partial charge in [0.05, 0.1) is 5.92 Å². The monoisotopic (exact) mass is 409 g/mol. The molecule has 154 valence electrons. The summed E-state index contributed by atoms with van der Waals surface area (Å²) in [5.74, 6) is -0.214. The molecule has 1 aromatic heterocycles. The van der Waals surface area contributed by atoms with E-state index in [1.807, 2.05) is 31.9 Å². The standard InChI is InChI=1S/C23H26B3N3O2/c1-5-18(30)29-21-19-14(9-16(24)20(21)25)13-8-12(23(31)28(6-2)7-3)11-27(4)17(13)10-15(19)22(29)26/h8-9,12,17H,5-7,10-11H2,1-4H3/t12-,17?/m1/s1. The van der Waals surface area contributed by atoms with Crippen LogP contribution in [0.4, 0.5) is 0 Å². The molecule has 1 aliphatic carbocycles. The zero-order valence-corrected chi connectivity index (χ0v) is 18.7. The van der Waals surface area contributed by atoms with Crippen molar-refractivity contribution in [3.8, 4) is 0 Å². The van der Waals surface area contributed by atoms with Gasteiger partial charge in [-0.25, -0.2) is 0 Å². The SMILES string of the molecule is [B]c1cc2c3c(c([B])n(C(=O)CC)c3c1[B])CC1C2=C[C@@H](C(=O)N(CC)CC)CN1C. The highest BCUT2D eigenvalue weighted by atomic mass is 16.2. The van der Waals surface area contributed by atoms with Gasteiger partial charge >= 0.3 is 0 Å². The van der Waals surface area contributed by atoms with Crippen LogP contribution in [0.3, 0.4) is 0 Å². The lowest BCUT2D eigenvalue weighted by atomic mass is 9.72. The topological polar surface area (TPSA) is 45.6 Å². The summed E-state index contributed by atoms with van der Waals surface area (Å²) in [6.07, 6.45) is 3.06. The van der Waals surface area contributed by atoms with E-state index in [1.165, 1.54) is 4.57 Å². The van der Waals surface area contributed by atoms with Crippen LogP contribution < -0.4 is 16.5 Å². The van der Waals surface area contributed by atoms with Crippen LogP contribution in [0.5, 0.6) is 0 Å². The van der Waals surface area contributed by atoms with E-state index < -0.39 is 0 Å². The first-order chi connectivity index (χ1) is 14.7. The van der Waals surface area contributed by atoms with Crippen LogP contribution in [0.1, 0.15) is 43.1 Å². The van der Waals surface area contributed by atoms with E-state index in [4.69, 9.17) is 23.5 Å². The van der Waals surface area contributed by atoms with Gasteiger partial charge in [-0.2, -0.15) is 0 Å². The second-order valence-corrected chi connectivity index (χ2v) is 8.50. The van der Waals surface area contributed by atoms with Crippen molar-refractivity contribution in [2.45, 2.75) is 39.7 Å². The van der Waals surface area contributed by atoms with Gasteiger partial charge in [0.2, 0.25) is 11.8 Å². The van der Waals surface area contributed by atoms with Crippen molar-refractivity contribution in [3.05, 3.63) is 23.3 Å². The van der Waals surface area contributed by atoms with Gasteiger partial charge in [0.1, 0.15) is 23.5 Å². The van der Waals surface area contributed by atoms with E-state index in [0.717, 1.165) is 22.1 Å². The fourth-order valence-electron chi connectivity index (χ4n) is 5.18. The van der Waals surface area contributed by atoms with Crippen LogP contribution in [-0.4, -0.2) is 82.4 Å². The lowest BCUT2D eigenvalue weighted by molar-refractivity contribution is -0.134. The molecule has 6 radical (unpaired) electrons. The molecule has 2 heterocycles. The Morgan fingerprint density at radius 3 is 2.45 bits per heavy atom. The molecule has 0 spiro atoms. The van der Waals surface area contributed by atoms with Crippen LogP contribution in [0.25, 0.3) is 16.5 Å². The fraction of sp³-hybridized carbons (Fsp3) is 0.478. The number of likely N-dealkylation sites (N-methyl/N-ethyl adjacent to an activating group) is 1. The number of carbonyl (C=O) groups excluding carboxylic acids is 2. The lowest BCUT2D eigenvalue weighted by Crippen LogP contribution is -2.48. The van der Waals surface area contributed by atoms with Gasteiger partial charge in [-0.15, -0.1) is 5.46 Å². The Kier molecular flexibility index (Phi) is 5.71. The van der Waals surface area contributed by atoms with Gasteiger partial charge in [0.25, 0.3) is 0 Å². The Balaban J connectivity index is 1.97. The van der Waals surface area contributed by atoms with Gasteiger partial charge in [0.15, 0.2) is 0 Å². The highest BCUT2D eigenvalue weighted by molar-refractivity contribution is 6.54. The van der Waals surface area contributed by atoms with Gasteiger partial charge < -0.3 is 4.90 Å². The number of hydrogen-bond acceptors (Lipinski definition) is 3. The van der Waals surface area contributed by atoms with Crippen LogP contribution in [0, 0.1) is 5.92 Å². The maximum absolute atomic E-state index is 13.1. The predicted octanol–water partition coefficient (Wildman–Crippen LogP) is -0.189. The van der Waals surface area contributed by atoms with Crippen LogP contribution in [-0.2, 0) is 11.2 Å². The van der Waals surface area contributed by atoms with Gasteiger partial charge in [0, 0.05) is 43.0 Å². The minimum absolute atomic E-state index is 0.0642. The van der Waals surface area contributed by atoms with E-state index in [1.54, 1.807) is 6.92 Å². The summed E-state index contributed by atoms with van der Waals surface area (Å²) in [7, 11) is 21.2. The molecule has 2 atom stereocenters. The van der Waals surface area contributed by atoms with Crippen molar-refractivity contribution in [2.24, 2.45) is 5.92 Å². The third-order valence-corrected chi connectivity index (χ3v) is 6.86. The second kappa shape index (κ2) is 8.05. The van der Waals surface area contributed by atoms with Crippen LogP contribution in [0.2, 0.25) is 0 Å². The molecule has 1 aliphatic heterocycles. The van der Waals surface area contributed by atoms with Gasteiger partial charge in [-0.05, 0) is 49.6 Å². The summed E-state index contributed by atoms with van der Waals surface area (Å²) < 4.78 is 1.52. The second-order valence-electron chi connectivity index (χ2n) is 8.50. The Morgan fingerprint density at radius 1 is 1.16 bits per heavy atom. The molecule has 0 bridgehead atoms. The maximum Gasteiger partial charge on any atom is 0.230 e. The number of rotatable bonds is 4. The number of hydrogen-bond donors (Lipinski definition) is 0. The van der Waals surface area contributed by atoms with Crippen LogP contribution >= 0.6 is 0 Å². The number of amides is 1. The third-order valence-electron chi connectivity index (χ3n) is 6.86. The van der Waals surface area contributed by atoms with Gasteiger partial charge in [-0.1, -0.05) is 24.5 Å². The zero-order valence-electron chi connectivity index (χ0n) is 18.7. The normalized spacial score (nSPS) is 20.5. The molecule has 4 rings (SSSR count). The van der Waals surface area contributed by atoms with Crippen molar-refractivity contribution >= 4 is 68.3 Å². The molecule has 5 nitrogen and oxygen atoms in total. The van der Waals surface area contributed by atoms with Crippen molar-refractivity contribution in [1.29, 1.82) is 0 Å². The summed E-state index contributed by atoms with van der Waals surface area (Å²) in [5.41, 5.74) is 4.73. The third kappa shape index (κ3) is 3.22. The first-order valence-corrected chi connectivity index (χ1v) is 11.0. The molecular formula is C23H26B3N3O2. The van der Waals surface area contributed by atoms with E-state index in [9.17, 15) is 9.59 Å². The van der Waals surface area contributed by atoms with E-state index in [0.29, 0.717) is 54.5 Å². The van der Waals surface area contributed by atoms with E-state index in [2.05, 4.69) is 11.0 Å². The largest absolute Gasteiger partial charge is 0.343 e. The average molecular weight is 409 g/mol. The highest BCUT2D eigenvalue weighted by Gasteiger charge is 2.38.